The van der Waals surface area contributed by atoms with Gasteiger partial charge in [-0.1, -0.05) is 30.0 Å². The number of hydrogen-bond acceptors (Lipinski definition) is 4. The summed E-state index contributed by atoms with van der Waals surface area (Å²) in [4.78, 5) is 12.6. The number of benzene rings is 2. The van der Waals surface area contributed by atoms with Crippen molar-refractivity contribution in [3.8, 4) is 6.07 Å². The number of thioether (sulfide) groups is 1. The number of alkyl halides is 2. The van der Waals surface area contributed by atoms with E-state index in [4.69, 9.17) is 4.42 Å². The fourth-order valence-corrected chi connectivity index (χ4v) is 2.78. The van der Waals surface area contributed by atoms with Crippen molar-refractivity contribution < 1.29 is 18.0 Å². The maximum atomic E-state index is 12.3. The largest absolute Gasteiger partial charge is 0.457 e. The van der Waals surface area contributed by atoms with Gasteiger partial charge in [0.1, 0.15) is 23.0 Å². The van der Waals surface area contributed by atoms with Gasteiger partial charge < -0.3 is 9.73 Å². The van der Waals surface area contributed by atoms with E-state index >= 15 is 0 Å². The minimum Gasteiger partial charge on any atom is -0.457 e. The highest BCUT2D eigenvalue weighted by molar-refractivity contribution is 7.99. The van der Waals surface area contributed by atoms with Crippen LogP contribution in [0.15, 0.2) is 69.5 Å². The Morgan fingerprint density at radius 2 is 1.92 bits per heavy atom. The van der Waals surface area contributed by atoms with Gasteiger partial charge >= 0.3 is 0 Å². The van der Waals surface area contributed by atoms with Gasteiger partial charge in [-0.15, -0.1) is 0 Å². The number of furan rings is 1. The number of rotatable bonds is 5. The number of fused-ring (bicyclic) bond motifs is 1. The Hall–Kier alpha value is -3.11. The van der Waals surface area contributed by atoms with E-state index < -0.39 is 11.7 Å². The number of para-hydroxylation sites is 1. The Morgan fingerprint density at radius 3 is 2.58 bits per heavy atom. The topological polar surface area (TPSA) is 66.0 Å². The molecule has 1 amide bonds. The predicted octanol–water partition coefficient (Wildman–Crippen LogP) is 5.29. The normalized spacial score (nSPS) is 11.5. The van der Waals surface area contributed by atoms with Crippen LogP contribution in [-0.4, -0.2) is 11.7 Å². The first-order valence-electron chi connectivity index (χ1n) is 7.52. The lowest BCUT2D eigenvalue weighted by Crippen LogP contribution is -2.13. The summed E-state index contributed by atoms with van der Waals surface area (Å²) in [6.07, 6.45) is 1.36. The molecule has 7 heteroatoms. The van der Waals surface area contributed by atoms with Gasteiger partial charge in [0.25, 0.3) is 11.7 Å². The SMILES string of the molecule is N#C/C(=C\c1cc2ccccc2o1)C(=O)Nc1ccc(SC(F)F)cc1. The van der Waals surface area contributed by atoms with Crippen molar-refractivity contribution in [3.05, 3.63) is 65.9 Å². The highest BCUT2D eigenvalue weighted by Gasteiger charge is 2.12. The first-order chi connectivity index (χ1) is 12.5. The number of nitriles is 1. The molecule has 0 atom stereocenters. The quantitative estimate of drug-likeness (QED) is 0.376. The molecule has 0 radical (unpaired) electrons. The Balaban J connectivity index is 1.75. The predicted molar refractivity (Wildman–Crippen MR) is 96.7 cm³/mol. The van der Waals surface area contributed by atoms with Gasteiger partial charge in [-0.3, -0.25) is 4.79 Å². The zero-order chi connectivity index (χ0) is 18.5. The molecule has 1 aromatic heterocycles. The van der Waals surface area contributed by atoms with Crippen LogP contribution >= 0.6 is 11.8 Å². The lowest BCUT2D eigenvalue weighted by molar-refractivity contribution is -0.112. The minimum atomic E-state index is -2.51. The van der Waals surface area contributed by atoms with Gasteiger partial charge in [0.2, 0.25) is 0 Å². The van der Waals surface area contributed by atoms with Crippen LogP contribution in [0.3, 0.4) is 0 Å². The number of carbonyl (C=O) groups is 1. The zero-order valence-corrected chi connectivity index (χ0v) is 14.1. The summed E-state index contributed by atoms with van der Waals surface area (Å²) in [7, 11) is 0. The summed E-state index contributed by atoms with van der Waals surface area (Å²) >= 11 is 0.418. The maximum absolute atomic E-state index is 12.3. The number of nitrogens with one attached hydrogen (secondary N) is 1. The Labute approximate surface area is 152 Å². The number of nitrogens with zero attached hydrogens (tertiary/aromatic N) is 1. The molecule has 0 bridgehead atoms. The number of carbonyl (C=O) groups excluding carboxylic acids is 1. The third-order valence-corrected chi connectivity index (χ3v) is 4.16. The molecule has 0 unspecified atom stereocenters. The molecule has 130 valence electrons. The molecule has 3 rings (SSSR count). The van der Waals surface area contributed by atoms with E-state index in [-0.39, 0.29) is 5.57 Å². The van der Waals surface area contributed by atoms with Gasteiger partial charge in [0.05, 0.1) is 0 Å². The average Bonchev–Trinajstić information content (AvgIpc) is 3.03. The van der Waals surface area contributed by atoms with Gasteiger partial charge in [0, 0.05) is 22.0 Å². The Kier molecular flexibility index (Phi) is 5.34. The smallest absolute Gasteiger partial charge is 0.288 e. The highest BCUT2D eigenvalue weighted by atomic mass is 32.2. The van der Waals surface area contributed by atoms with Crippen LogP contribution < -0.4 is 5.32 Å². The second-order valence-corrected chi connectivity index (χ2v) is 6.28. The van der Waals surface area contributed by atoms with E-state index in [1.165, 1.54) is 30.3 Å². The van der Waals surface area contributed by atoms with Crippen LogP contribution in [0.1, 0.15) is 5.76 Å². The molecular formula is C19H12F2N2O2S. The fourth-order valence-electron chi connectivity index (χ4n) is 2.28. The van der Waals surface area contributed by atoms with Crippen molar-refractivity contribution in [1.82, 2.24) is 0 Å². The maximum Gasteiger partial charge on any atom is 0.288 e. The molecule has 3 aromatic rings. The average molecular weight is 370 g/mol. The van der Waals surface area contributed by atoms with E-state index in [9.17, 15) is 18.8 Å². The summed E-state index contributed by atoms with van der Waals surface area (Å²) in [6.45, 7) is 0. The summed E-state index contributed by atoms with van der Waals surface area (Å²) in [5.74, 6) is -2.73. The van der Waals surface area contributed by atoms with Gasteiger partial charge in [-0.05, 0) is 36.4 Å². The standard InChI is InChI=1S/C19H12F2N2O2S/c20-19(21)26-16-7-5-14(6-8-16)23-18(24)13(11-22)10-15-9-12-3-1-2-4-17(12)25-15/h1-10,19H,(H,23,24)/b13-10+. The zero-order valence-electron chi connectivity index (χ0n) is 13.3. The van der Waals surface area contributed by atoms with Crippen LogP contribution in [0.25, 0.3) is 17.0 Å². The minimum absolute atomic E-state index is 0.130. The van der Waals surface area contributed by atoms with Crippen molar-refractivity contribution in [3.63, 3.8) is 0 Å². The monoisotopic (exact) mass is 370 g/mol. The molecule has 0 aliphatic carbocycles. The van der Waals surface area contributed by atoms with E-state index in [2.05, 4.69) is 5.32 Å². The van der Waals surface area contributed by atoms with Crippen molar-refractivity contribution in [2.45, 2.75) is 10.7 Å². The second kappa shape index (κ2) is 7.85. The van der Waals surface area contributed by atoms with Gasteiger partial charge in [0.15, 0.2) is 0 Å². The lowest BCUT2D eigenvalue weighted by Gasteiger charge is -2.05. The molecule has 26 heavy (non-hydrogen) atoms. The second-order valence-electron chi connectivity index (χ2n) is 5.21. The molecule has 0 saturated carbocycles. The van der Waals surface area contributed by atoms with Gasteiger partial charge in [-0.2, -0.15) is 14.0 Å². The van der Waals surface area contributed by atoms with Crippen LogP contribution in [0, 0.1) is 11.3 Å². The summed E-state index contributed by atoms with van der Waals surface area (Å²) in [5, 5.41) is 12.7. The fraction of sp³-hybridized carbons (Fsp3) is 0.0526. The molecule has 1 heterocycles. The van der Waals surface area contributed by atoms with E-state index in [0.717, 1.165) is 5.39 Å². The van der Waals surface area contributed by atoms with Crippen LogP contribution in [-0.2, 0) is 4.79 Å². The van der Waals surface area contributed by atoms with Crippen LogP contribution in [0.2, 0.25) is 0 Å². The summed E-state index contributed by atoms with van der Waals surface area (Å²) < 4.78 is 30.2. The molecule has 2 aromatic carbocycles. The molecule has 0 fully saturated rings. The summed E-state index contributed by atoms with van der Waals surface area (Å²) in [6, 6.07) is 16.9. The Bertz CT molecular complexity index is 971. The molecule has 1 N–H and O–H groups in total. The number of halogens is 2. The van der Waals surface area contributed by atoms with Crippen molar-refractivity contribution in [2.75, 3.05) is 5.32 Å². The van der Waals surface area contributed by atoms with Crippen LogP contribution in [0.4, 0.5) is 14.5 Å². The molecule has 0 saturated heterocycles. The van der Waals surface area contributed by atoms with E-state index in [1.807, 2.05) is 24.3 Å². The number of amides is 1. The first kappa shape index (κ1) is 17.7. The lowest BCUT2D eigenvalue weighted by atomic mass is 10.2. The summed E-state index contributed by atoms with van der Waals surface area (Å²) in [5.41, 5.74) is 0.929. The van der Waals surface area contributed by atoms with Crippen molar-refractivity contribution >= 4 is 40.4 Å². The molecule has 0 aliphatic rings. The first-order valence-corrected chi connectivity index (χ1v) is 8.40. The van der Waals surface area contributed by atoms with Crippen molar-refractivity contribution in [2.24, 2.45) is 0 Å². The molecule has 4 nitrogen and oxygen atoms in total. The number of hydrogen-bond donors (Lipinski definition) is 1. The third-order valence-electron chi connectivity index (χ3n) is 3.43. The molecule has 0 aliphatic heterocycles. The van der Waals surface area contributed by atoms with E-state index in [1.54, 1.807) is 12.1 Å². The Morgan fingerprint density at radius 1 is 1.19 bits per heavy atom. The molecule has 0 spiro atoms. The molecular weight excluding hydrogens is 358 g/mol. The van der Waals surface area contributed by atoms with Crippen LogP contribution in [0.5, 0.6) is 0 Å². The van der Waals surface area contributed by atoms with E-state index in [0.29, 0.717) is 33.7 Å². The number of anilines is 1. The van der Waals surface area contributed by atoms with Crippen molar-refractivity contribution in [1.29, 1.82) is 5.26 Å². The van der Waals surface area contributed by atoms with Gasteiger partial charge in [-0.25, -0.2) is 0 Å². The third kappa shape index (κ3) is 4.29. The highest BCUT2D eigenvalue weighted by Crippen LogP contribution is 2.26.